The summed E-state index contributed by atoms with van der Waals surface area (Å²) in [5.74, 6) is 0.983. The first-order valence-electron chi connectivity index (χ1n) is 6.84. The number of anilines is 1. The molecule has 3 rings (SSSR count). The van der Waals surface area contributed by atoms with Crippen LogP contribution in [-0.2, 0) is 0 Å². The number of nitrogens with one attached hydrogen (secondary N) is 1. The molecule has 0 atom stereocenters. The van der Waals surface area contributed by atoms with Crippen molar-refractivity contribution in [2.75, 3.05) is 12.4 Å². The van der Waals surface area contributed by atoms with E-state index in [0.29, 0.717) is 11.5 Å². The normalized spacial score (nSPS) is 10.5. The molecule has 0 spiro atoms. The Balaban J connectivity index is 1.86. The number of hydrogen-bond donors (Lipinski definition) is 1. The molecular weight excluding hydrogens is 278 g/mol. The van der Waals surface area contributed by atoms with Gasteiger partial charge in [-0.15, -0.1) is 0 Å². The molecule has 1 amide bonds. The molecule has 2 heterocycles. The first kappa shape index (κ1) is 14.0. The number of carbonyl (C=O) groups excluding carboxylic acids is 1. The maximum absolute atomic E-state index is 12.2. The van der Waals surface area contributed by atoms with E-state index in [2.05, 4.69) is 15.3 Å². The zero-order valence-electron chi connectivity index (χ0n) is 12.3. The van der Waals surface area contributed by atoms with Gasteiger partial charge >= 0.3 is 0 Å². The molecule has 3 aromatic rings. The van der Waals surface area contributed by atoms with Crippen molar-refractivity contribution in [2.45, 2.75) is 6.92 Å². The molecule has 0 saturated heterocycles. The predicted molar refractivity (Wildman–Crippen MR) is 85.2 cm³/mol. The van der Waals surface area contributed by atoms with Crippen LogP contribution >= 0.6 is 0 Å². The van der Waals surface area contributed by atoms with Gasteiger partial charge in [-0.25, -0.2) is 9.97 Å². The second-order valence-electron chi connectivity index (χ2n) is 4.93. The van der Waals surface area contributed by atoms with E-state index in [9.17, 15) is 4.79 Å². The number of hydrogen-bond acceptors (Lipinski definition) is 4. The van der Waals surface area contributed by atoms with Gasteiger partial charge in [0, 0.05) is 11.6 Å². The van der Waals surface area contributed by atoms with E-state index in [-0.39, 0.29) is 5.91 Å². The third-order valence-corrected chi connectivity index (χ3v) is 3.28. The van der Waals surface area contributed by atoms with Gasteiger partial charge in [-0.2, -0.15) is 0 Å². The zero-order chi connectivity index (χ0) is 15.5. The van der Waals surface area contributed by atoms with E-state index in [0.717, 1.165) is 22.2 Å². The van der Waals surface area contributed by atoms with Gasteiger partial charge in [-0.1, -0.05) is 12.1 Å². The highest BCUT2D eigenvalue weighted by atomic mass is 16.5. The van der Waals surface area contributed by atoms with Gasteiger partial charge in [-0.3, -0.25) is 4.79 Å². The monoisotopic (exact) mass is 293 g/mol. The molecule has 0 aliphatic carbocycles. The van der Waals surface area contributed by atoms with Crippen LogP contribution in [0.3, 0.4) is 0 Å². The van der Waals surface area contributed by atoms with Crippen molar-refractivity contribution in [1.29, 1.82) is 0 Å². The molecular formula is C17H15N3O2. The van der Waals surface area contributed by atoms with Gasteiger partial charge in [0.25, 0.3) is 5.91 Å². The number of benzene rings is 1. The third-order valence-electron chi connectivity index (χ3n) is 3.28. The summed E-state index contributed by atoms with van der Waals surface area (Å²) in [5.41, 5.74) is 2.13. The Morgan fingerprint density at radius 1 is 1.14 bits per heavy atom. The number of pyridine rings is 2. The van der Waals surface area contributed by atoms with Crippen molar-refractivity contribution >= 4 is 22.6 Å². The highest BCUT2D eigenvalue weighted by molar-refractivity contribution is 6.03. The van der Waals surface area contributed by atoms with Gasteiger partial charge in [0.15, 0.2) is 0 Å². The van der Waals surface area contributed by atoms with Crippen LogP contribution in [0.1, 0.15) is 16.1 Å². The van der Waals surface area contributed by atoms with Crippen LogP contribution in [0.5, 0.6) is 5.75 Å². The Morgan fingerprint density at radius 2 is 2.00 bits per heavy atom. The van der Waals surface area contributed by atoms with Crippen molar-refractivity contribution in [2.24, 2.45) is 0 Å². The van der Waals surface area contributed by atoms with E-state index >= 15 is 0 Å². The maximum Gasteiger partial charge on any atom is 0.275 e. The molecule has 1 N–H and O–H groups in total. The molecule has 5 nitrogen and oxygen atoms in total. The minimum atomic E-state index is -0.283. The summed E-state index contributed by atoms with van der Waals surface area (Å²) in [6, 6.07) is 12.7. The average Bonchev–Trinajstić information content (AvgIpc) is 2.56. The van der Waals surface area contributed by atoms with Crippen LogP contribution < -0.4 is 10.1 Å². The fourth-order valence-corrected chi connectivity index (χ4v) is 2.08. The molecule has 2 aromatic heterocycles. The van der Waals surface area contributed by atoms with Gasteiger partial charge in [0.05, 0.1) is 12.6 Å². The van der Waals surface area contributed by atoms with E-state index < -0.39 is 0 Å². The number of fused-ring (bicyclic) bond motifs is 1. The van der Waals surface area contributed by atoms with Crippen molar-refractivity contribution in [3.05, 3.63) is 59.9 Å². The van der Waals surface area contributed by atoms with Gasteiger partial charge in [0.1, 0.15) is 17.3 Å². The number of ether oxygens (including phenoxy) is 1. The van der Waals surface area contributed by atoms with Crippen LogP contribution in [0.15, 0.2) is 48.7 Å². The molecule has 0 radical (unpaired) electrons. The first-order valence-corrected chi connectivity index (χ1v) is 6.84. The summed E-state index contributed by atoms with van der Waals surface area (Å²) in [7, 11) is 1.62. The summed E-state index contributed by atoms with van der Waals surface area (Å²) in [4.78, 5) is 20.7. The van der Waals surface area contributed by atoms with Crippen molar-refractivity contribution in [1.82, 2.24) is 9.97 Å². The summed E-state index contributed by atoms with van der Waals surface area (Å²) >= 11 is 0. The Morgan fingerprint density at radius 3 is 2.73 bits per heavy atom. The summed E-state index contributed by atoms with van der Waals surface area (Å²) in [6.07, 6.45) is 1.70. The van der Waals surface area contributed by atoms with E-state index in [4.69, 9.17) is 4.74 Å². The number of nitrogens with zero attached hydrogens (tertiary/aromatic N) is 2. The Labute approximate surface area is 128 Å². The highest BCUT2D eigenvalue weighted by Gasteiger charge is 2.09. The zero-order valence-corrected chi connectivity index (χ0v) is 12.3. The van der Waals surface area contributed by atoms with Crippen molar-refractivity contribution in [3.8, 4) is 5.75 Å². The Hall–Kier alpha value is -2.95. The largest absolute Gasteiger partial charge is 0.497 e. The lowest BCUT2D eigenvalue weighted by atomic mass is 10.2. The van der Waals surface area contributed by atoms with E-state index in [1.54, 1.807) is 25.4 Å². The molecule has 0 saturated carbocycles. The van der Waals surface area contributed by atoms with Gasteiger partial charge in [-0.05, 0) is 42.8 Å². The highest BCUT2D eigenvalue weighted by Crippen LogP contribution is 2.19. The second kappa shape index (κ2) is 5.81. The van der Waals surface area contributed by atoms with Crippen molar-refractivity contribution < 1.29 is 9.53 Å². The number of carbonyl (C=O) groups is 1. The molecule has 1 aromatic carbocycles. The quantitative estimate of drug-likeness (QED) is 0.805. The molecule has 0 aliphatic rings. The van der Waals surface area contributed by atoms with Crippen LogP contribution in [0.4, 0.5) is 5.82 Å². The molecule has 0 aliphatic heterocycles. The number of aryl methyl sites for hydroxylation is 1. The minimum Gasteiger partial charge on any atom is -0.497 e. The summed E-state index contributed by atoms with van der Waals surface area (Å²) in [5, 5.41) is 3.66. The predicted octanol–water partition coefficient (Wildman–Crippen LogP) is 3.20. The van der Waals surface area contributed by atoms with Crippen LogP contribution in [0, 0.1) is 6.92 Å². The average molecular weight is 293 g/mol. The van der Waals surface area contributed by atoms with E-state index in [1.807, 2.05) is 37.3 Å². The standard InChI is InChI=1S/C17H15N3O2/c1-11-3-8-16(18-10-11)20-17(21)15-6-4-12-9-13(22-2)5-7-14(12)19-15/h3-10H,1-2H3,(H,18,20,21). The first-order chi connectivity index (χ1) is 10.7. The maximum atomic E-state index is 12.2. The smallest absolute Gasteiger partial charge is 0.275 e. The molecule has 0 bridgehead atoms. The number of amides is 1. The lowest BCUT2D eigenvalue weighted by molar-refractivity contribution is 0.102. The Bertz CT molecular complexity index is 829. The number of rotatable bonds is 3. The van der Waals surface area contributed by atoms with Crippen LogP contribution in [0.25, 0.3) is 10.9 Å². The molecule has 5 heteroatoms. The lowest BCUT2D eigenvalue weighted by Gasteiger charge is -2.06. The summed E-state index contributed by atoms with van der Waals surface area (Å²) < 4.78 is 5.17. The van der Waals surface area contributed by atoms with Crippen molar-refractivity contribution in [3.63, 3.8) is 0 Å². The number of aromatic nitrogens is 2. The minimum absolute atomic E-state index is 0.283. The fraction of sp³-hybridized carbons (Fsp3) is 0.118. The van der Waals surface area contributed by atoms with Gasteiger partial charge < -0.3 is 10.1 Å². The SMILES string of the molecule is COc1ccc2nc(C(=O)Nc3ccc(C)cn3)ccc2c1. The molecule has 0 unspecified atom stereocenters. The second-order valence-corrected chi connectivity index (χ2v) is 4.93. The van der Waals surface area contributed by atoms with Gasteiger partial charge in [0.2, 0.25) is 0 Å². The fourth-order valence-electron chi connectivity index (χ4n) is 2.08. The lowest BCUT2D eigenvalue weighted by Crippen LogP contribution is -2.14. The topological polar surface area (TPSA) is 64.1 Å². The van der Waals surface area contributed by atoms with Crippen LogP contribution in [-0.4, -0.2) is 23.0 Å². The molecule has 22 heavy (non-hydrogen) atoms. The van der Waals surface area contributed by atoms with E-state index in [1.165, 1.54) is 0 Å². The third kappa shape index (κ3) is 2.88. The molecule has 110 valence electrons. The molecule has 0 fully saturated rings. The Kier molecular flexibility index (Phi) is 3.70. The number of methoxy groups -OCH3 is 1. The summed E-state index contributed by atoms with van der Waals surface area (Å²) in [6.45, 7) is 1.94. The van der Waals surface area contributed by atoms with Crippen LogP contribution in [0.2, 0.25) is 0 Å².